The van der Waals surface area contributed by atoms with Crippen LogP contribution >= 0.6 is 0 Å². The van der Waals surface area contributed by atoms with Gasteiger partial charge in [-0.3, -0.25) is 4.99 Å². The van der Waals surface area contributed by atoms with Crippen LogP contribution < -0.4 is 5.73 Å². The standard InChI is InChI=1S/C27H46N2O/c1-16-5-8-23(29-15-16)17(2)25-24(30)14-22-20-7-6-18-13-19(28)9-11-26(18,3)21(20)10-12-27(22,25)4/h16-22,24-25,30H,5-15,28H2,1-4H3/t16-,17+,18-,19-,20+,21-,22-,24+,25-,26-,27-/m0/s1. The van der Waals surface area contributed by atoms with Gasteiger partial charge in [-0.2, -0.15) is 0 Å². The molecule has 5 aliphatic rings. The van der Waals surface area contributed by atoms with E-state index in [-0.39, 0.29) is 6.10 Å². The molecule has 11 atom stereocenters. The molecule has 0 aromatic carbocycles. The van der Waals surface area contributed by atoms with Crippen molar-refractivity contribution in [3.63, 3.8) is 0 Å². The van der Waals surface area contributed by atoms with E-state index in [2.05, 4.69) is 27.7 Å². The van der Waals surface area contributed by atoms with Gasteiger partial charge >= 0.3 is 0 Å². The number of aliphatic imine (C=N–C) groups is 1. The lowest BCUT2D eigenvalue weighted by atomic mass is 9.44. The molecule has 3 nitrogen and oxygen atoms in total. The van der Waals surface area contributed by atoms with Gasteiger partial charge in [0.05, 0.1) is 6.10 Å². The molecule has 0 amide bonds. The second kappa shape index (κ2) is 7.58. The summed E-state index contributed by atoms with van der Waals surface area (Å²) in [6.45, 7) is 10.9. The maximum absolute atomic E-state index is 11.4. The zero-order chi connectivity index (χ0) is 21.3. The lowest BCUT2D eigenvalue weighted by Gasteiger charge is -2.61. The highest BCUT2D eigenvalue weighted by Gasteiger charge is 2.63. The third-order valence-corrected chi connectivity index (χ3v) is 11.4. The Labute approximate surface area is 184 Å². The normalized spacial score (nSPS) is 54.5. The van der Waals surface area contributed by atoms with Gasteiger partial charge < -0.3 is 10.8 Å². The van der Waals surface area contributed by atoms with Crippen LogP contribution in [0, 0.1) is 52.3 Å². The minimum Gasteiger partial charge on any atom is -0.393 e. The zero-order valence-corrected chi connectivity index (χ0v) is 19.9. The second-order valence-electron chi connectivity index (χ2n) is 12.8. The number of rotatable bonds is 2. The van der Waals surface area contributed by atoms with Gasteiger partial charge in [-0.25, -0.2) is 0 Å². The summed E-state index contributed by atoms with van der Waals surface area (Å²) in [4.78, 5) is 5.01. The van der Waals surface area contributed by atoms with Crippen LogP contribution in [0.3, 0.4) is 0 Å². The van der Waals surface area contributed by atoms with Gasteiger partial charge in [0.1, 0.15) is 0 Å². The highest BCUT2D eigenvalue weighted by Crippen LogP contribution is 2.68. The first-order chi connectivity index (χ1) is 14.2. The molecule has 0 aromatic heterocycles. The van der Waals surface area contributed by atoms with Crippen LogP contribution in [0.2, 0.25) is 0 Å². The van der Waals surface area contributed by atoms with Crippen molar-refractivity contribution in [1.29, 1.82) is 0 Å². The van der Waals surface area contributed by atoms with E-state index in [0.717, 1.165) is 43.1 Å². The van der Waals surface area contributed by atoms with Gasteiger partial charge in [0.15, 0.2) is 0 Å². The van der Waals surface area contributed by atoms with Crippen molar-refractivity contribution in [3.8, 4) is 0 Å². The molecule has 0 aromatic rings. The summed E-state index contributed by atoms with van der Waals surface area (Å²) in [5.74, 6) is 4.80. The maximum atomic E-state index is 11.4. The lowest BCUT2D eigenvalue weighted by Crippen LogP contribution is -2.55. The fraction of sp³-hybridized carbons (Fsp3) is 0.963. The van der Waals surface area contributed by atoms with Gasteiger partial charge in [-0.05, 0) is 116 Å². The van der Waals surface area contributed by atoms with Crippen molar-refractivity contribution < 1.29 is 5.11 Å². The Morgan fingerprint density at radius 3 is 2.50 bits per heavy atom. The quantitative estimate of drug-likeness (QED) is 0.631. The monoisotopic (exact) mass is 414 g/mol. The van der Waals surface area contributed by atoms with Crippen molar-refractivity contribution in [2.24, 2.45) is 63.0 Å². The Hall–Kier alpha value is -0.410. The Kier molecular flexibility index (Phi) is 5.41. The molecule has 0 bridgehead atoms. The molecule has 0 spiro atoms. The highest BCUT2D eigenvalue weighted by molar-refractivity contribution is 5.87. The minimum absolute atomic E-state index is 0.138. The van der Waals surface area contributed by atoms with Crippen molar-refractivity contribution in [1.82, 2.24) is 0 Å². The first-order valence-corrected chi connectivity index (χ1v) is 13.2. The van der Waals surface area contributed by atoms with E-state index < -0.39 is 0 Å². The van der Waals surface area contributed by atoms with Crippen molar-refractivity contribution in [3.05, 3.63) is 0 Å². The number of hydrogen-bond acceptors (Lipinski definition) is 3. The largest absolute Gasteiger partial charge is 0.393 e. The summed E-state index contributed by atoms with van der Waals surface area (Å²) in [5.41, 5.74) is 8.58. The molecule has 3 heteroatoms. The molecule has 170 valence electrons. The molecule has 0 unspecified atom stereocenters. The average Bonchev–Trinajstić information content (AvgIpc) is 2.98. The number of aliphatic hydroxyl groups excluding tert-OH is 1. The smallest absolute Gasteiger partial charge is 0.0582 e. The SMILES string of the molecule is C[C@H]1CCC([C@@H](C)[C@H]2[C@H](O)C[C@H]3[C@@H]4CC[C@H]5C[C@@H](N)CC[C@]5(C)[C@H]4CC[C@]23C)=NC1. The van der Waals surface area contributed by atoms with Crippen molar-refractivity contribution >= 4 is 5.71 Å². The van der Waals surface area contributed by atoms with Gasteiger partial charge in [-0.15, -0.1) is 0 Å². The Bertz CT molecular complexity index is 690. The van der Waals surface area contributed by atoms with E-state index in [1.54, 1.807) is 0 Å². The third kappa shape index (κ3) is 3.16. The Morgan fingerprint density at radius 1 is 1.00 bits per heavy atom. The Morgan fingerprint density at radius 2 is 1.77 bits per heavy atom. The van der Waals surface area contributed by atoms with Crippen LogP contribution in [0.15, 0.2) is 4.99 Å². The molecule has 0 saturated heterocycles. The van der Waals surface area contributed by atoms with Crippen LogP contribution in [0.25, 0.3) is 0 Å². The summed E-state index contributed by atoms with van der Waals surface area (Å²) < 4.78 is 0. The molecule has 4 saturated carbocycles. The first-order valence-electron chi connectivity index (χ1n) is 13.2. The topological polar surface area (TPSA) is 58.6 Å². The molecule has 4 aliphatic carbocycles. The molecule has 1 heterocycles. The lowest BCUT2D eigenvalue weighted by molar-refractivity contribution is -0.115. The average molecular weight is 415 g/mol. The number of fused-ring (bicyclic) bond motifs is 5. The molecule has 3 N–H and O–H groups in total. The molecule has 0 radical (unpaired) electrons. The summed E-state index contributed by atoms with van der Waals surface area (Å²) in [6.07, 6.45) is 12.6. The van der Waals surface area contributed by atoms with Gasteiger partial charge in [0, 0.05) is 18.3 Å². The predicted octanol–water partition coefficient (Wildman–Crippen LogP) is 5.45. The summed E-state index contributed by atoms with van der Waals surface area (Å²) in [5, 5.41) is 11.4. The molecule has 30 heavy (non-hydrogen) atoms. The molecular weight excluding hydrogens is 368 g/mol. The predicted molar refractivity (Wildman–Crippen MR) is 124 cm³/mol. The first kappa shape index (κ1) is 21.4. The van der Waals surface area contributed by atoms with E-state index in [1.165, 1.54) is 57.1 Å². The van der Waals surface area contributed by atoms with Crippen molar-refractivity contribution in [2.45, 2.75) is 104 Å². The number of nitrogens with two attached hydrogens (primary N) is 1. The summed E-state index contributed by atoms with van der Waals surface area (Å²) in [7, 11) is 0. The van der Waals surface area contributed by atoms with Crippen LogP contribution in [0.5, 0.6) is 0 Å². The molecule has 5 rings (SSSR count). The minimum atomic E-state index is -0.138. The fourth-order valence-corrected chi connectivity index (χ4v) is 9.66. The number of aliphatic hydroxyl groups is 1. The maximum Gasteiger partial charge on any atom is 0.0582 e. The highest BCUT2D eigenvalue weighted by atomic mass is 16.3. The van der Waals surface area contributed by atoms with Crippen molar-refractivity contribution in [2.75, 3.05) is 6.54 Å². The van der Waals surface area contributed by atoms with Gasteiger partial charge in [0.2, 0.25) is 0 Å². The van der Waals surface area contributed by atoms with Gasteiger partial charge in [-0.1, -0.05) is 27.7 Å². The van der Waals surface area contributed by atoms with E-state index in [9.17, 15) is 5.11 Å². The Balaban J connectivity index is 1.39. The van der Waals surface area contributed by atoms with Crippen LogP contribution in [-0.4, -0.2) is 29.5 Å². The summed E-state index contributed by atoms with van der Waals surface area (Å²) in [6, 6.07) is 0.436. The van der Waals surface area contributed by atoms with E-state index in [1.807, 2.05) is 0 Å². The fourth-order valence-electron chi connectivity index (χ4n) is 9.66. The van der Waals surface area contributed by atoms with Crippen LogP contribution in [0.1, 0.15) is 91.9 Å². The van der Waals surface area contributed by atoms with Crippen LogP contribution in [-0.2, 0) is 0 Å². The van der Waals surface area contributed by atoms with Gasteiger partial charge in [0.25, 0.3) is 0 Å². The molecule has 1 aliphatic heterocycles. The van der Waals surface area contributed by atoms with E-state index in [4.69, 9.17) is 10.7 Å². The second-order valence-corrected chi connectivity index (χ2v) is 12.8. The van der Waals surface area contributed by atoms with E-state index in [0.29, 0.717) is 34.6 Å². The summed E-state index contributed by atoms with van der Waals surface area (Å²) >= 11 is 0. The number of hydrogen-bond donors (Lipinski definition) is 2. The zero-order valence-electron chi connectivity index (χ0n) is 19.9. The molecule has 4 fully saturated rings. The van der Waals surface area contributed by atoms with E-state index >= 15 is 0 Å². The number of nitrogens with zero attached hydrogens (tertiary/aromatic N) is 1. The molecular formula is C27H46N2O. The van der Waals surface area contributed by atoms with Crippen LogP contribution in [0.4, 0.5) is 0 Å². The third-order valence-electron chi connectivity index (χ3n) is 11.4.